The van der Waals surface area contributed by atoms with E-state index in [1.165, 1.54) is 28.0 Å². The van der Waals surface area contributed by atoms with Crippen molar-refractivity contribution < 1.29 is 0 Å². The van der Waals surface area contributed by atoms with E-state index < -0.39 is 0 Å². The fourth-order valence-electron chi connectivity index (χ4n) is 2.05. The SMILES string of the molecule is CCSCCn1ccc2ccc(CCN)cc21. The van der Waals surface area contributed by atoms with Crippen molar-refractivity contribution in [3.63, 3.8) is 0 Å². The zero-order chi connectivity index (χ0) is 12.1. The first-order chi connectivity index (χ1) is 8.35. The van der Waals surface area contributed by atoms with Gasteiger partial charge in [0.25, 0.3) is 0 Å². The van der Waals surface area contributed by atoms with Gasteiger partial charge in [0.1, 0.15) is 0 Å². The van der Waals surface area contributed by atoms with Gasteiger partial charge in [-0.25, -0.2) is 0 Å². The molecule has 2 nitrogen and oxygen atoms in total. The van der Waals surface area contributed by atoms with Crippen molar-refractivity contribution in [2.45, 2.75) is 19.9 Å². The lowest BCUT2D eigenvalue weighted by atomic mass is 10.1. The van der Waals surface area contributed by atoms with Crippen LogP contribution in [0.4, 0.5) is 0 Å². The molecule has 2 rings (SSSR count). The molecule has 0 saturated heterocycles. The van der Waals surface area contributed by atoms with E-state index in [-0.39, 0.29) is 0 Å². The van der Waals surface area contributed by atoms with Gasteiger partial charge in [0.2, 0.25) is 0 Å². The minimum atomic E-state index is 0.720. The quantitative estimate of drug-likeness (QED) is 0.797. The molecule has 0 amide bonds. The van der Waals surface area contributed by atoms with Gasteiger partial charge in [0.05, 0.1) is 0 Å². The molecule has 1 aromatic heterocycles. The van der Waals surface area contributed by atoms with Crippen molar-refractivity contribution in [1.82, 2.24) is 4.57 Å². The predicted molar refractivity (Wildman–Crippen MR) is 77.7 cm³/mol. The maximum absolute atomic E-state index is 5.61. The number of fused-ring (bicyclic) bond motifs is 1. The summed E-state index contributed by atoms with van der Waals surface area (Å²) in [5, 5.41) is 1.33. The number of thioether (sulfide) groups is 1. The van der Waals surface area contributed by atoms with Crippen LogP contribution in [0.25, 0.3) is 10.9 Å². The number of aromatic nitrogens is 1. The highest BCUT2D eigenvalue weighted by Gasteiger charge is 2.02. The van der Waals surface area contributed by atoms with Crippen LogP contribution in [0.15, 0.2) is 30.5 Å². The summed E-state index contributed by atoms with van der Waals surface area (Å²) in [6.45, 7) is 4.02. The van der Waals surface area contributed by atoms with Crippen LogP contribution in [0.5, 0.6) is 0 Å². The number of rotatable bonds is 6. The van der Waals surface area contributed by atoms with Crippen molar-refractivity contribution in [3.8, 4) is 0 Å². The highest BCUT2D eigenvalue weighted by atomic mass is 32.2. The standard InChI is InChI=1S/C14H20N2S/c1-2-17-10-9-16-8-6-13-4-3-12(5-7-15)11-14(13)16/h3-4,6,8,11H,2,5,7,9-10,15H2,1H3. The molecule has 92 valence electrons. The lowest BCUT2D eigenvalue weighted by Gasteiger charge is -2.06. The van der Waals surface area contributed by atoms with Crippen LogP contribution in [-0.4, -0.2) is 22.6 Å². The van der Waals surface area contributed by atoms with Gasteiger partial charge in [-0.15, -0.1) is 0 Å². The van der Waals surface area contributed by atoms with E-state index in [1.54, 1.807) is 0 Å². The van der Waals surface area contributed by atoms with Crippen LogP contribution in [0.1, 0.15) is 12.5 Å². The maximum Gasteiger partial charge on any atom is 0.0483 e. The molecule has 0 fully saturated rings. The third-order valence-electron chi connectivity index (χ3n) is 2.95. The molecular formula is C14H20N2S. The molecule has 0 atom stereocenters. The largest absolute Gasteiger partial charge is 0.347 e. The van der Waals surface area contributed by atoms with Crippen LogP contribution in [0, 0.1) is 0 Å². The zero-order valence-corrected chi connectivity index (χ0v) is 11.2. The van der Waals surface area contributed by atoms with Crippen LogP contribution < -0.4 is 5.73 Å². The van der Waals surface area contributed by atoms with Gasteiger partial charge in [-0.3, -0.25) is 0 Å². The van der Waals surface area contributed by atoms with E-state index in [0.717, 1.165) is 19.5 Å². The average molecular weight is 248 g/mol. The van der Waals surface area contributed by atoms with E-state index in [4.69, 9.17) is 5.73 Å². The fourth-order valence-corrected chi connectivity index (χ4v) is 2.67. The minimum absolute atomic E-state index is 0.720. The van der Waals surface area contributed by atoms with Gasteiger partial charge >= 0.3 is 0 Å². The summed E-state index contributed by atoms with van der Waals surface area (Å²) in [4.78, 5) is 0. The molecule has 1 heterocycles. The Morgan fingerprint density at radius 2 is 2.18 bits per heavy atom. The molecule has 2 N–H and O–H groups in total. The number of hydrogen-bond acceptors (Lipinski definition) is 2. The molecule has 2 aromatic rings. The molecular weight excluding hydrogens is 228 g/mol. The Labute approximate surface area is 107 Å². The van der Waals surface area contributed by atoms with E-state index in [1.807, 2.05) is 11.8 Å². The molecule has 3 heteroatoms. The zero-order valence-electron chi connectivity index (χ0n) is 10.4. The maximum atomic E-state index is 5.61. The Balaban J connectivity index is 2.20. The van der Waals surface area contributed by atoms with Crippen molar-refractivity contribution in [2.75, 3.05) is 18.1 Å². The Morgan fingerprint density at radius 3 is 2.94 bits per heavy atom. The number of aryl methyl sites for hydroxylation is 1. The van der Waals surface area contributed by atoms with Crippen molar-refractivity contribution in [3.05, 3.63) is 36.0 Å². The lowest BCUT2D eigenvalue weighted by Crippen LogP contribution is -2.03. The van der Waals surface area contributed by atoms with Crippen LogP contribution in [0.2, 0.25) is 0 Å². The predicted octanol–water partition coefficient (Wildman–Crippen LogP) is 2.90. The third-order valence-corrected chi connectivity index (χ3v) is 3.83. The van der Waals surface area contributed by atoms with Gasteiger partial charge in [-0.2, -0.15) is 11.8 Å². The topological polar surface area (TPSA) is 30.9 Å². The molecule has 0 aliphatic heterocycles. The third kappa shape index (κ3) is 3.05. The number of nitrogens with two attached hydrogens (primary N) is 1. The lowest BCUT2D eigenvalue weighted by molar-refractivity contribution is 0.806. The molecule has 17 heavy (non-hydrogen) atoms. The summed E-state index contributed by atoms with van der Waals surface area (Å²) >= 11 is 1.99. The highest BCUT2D eigenvalue weighted by molar-refractivity contribution is 7.99. The second kappa shape index (κ2) is 6.12. The molecule has 0 bridgehead atoms. The Kier molecular flexibility index (Phi) is 4.51. The van der Waals surface area contributed by atoms with Gasteiger partial charge < -0.3 is 10.3 Å². The van der Waals surface area contributed by atoms with Gasteiger partial charge in [-0.05, 0) is 41.8 Å². The summed E-state index contributed by atoms with van der Waals surface area (Å²) in [5.41, 5.74) is 8.28. The van der Waals surface area contributed by atoms with Gasteiger partial charge in [-0.1, -0.05) is 19.1 Å². The van der Waals surface area contributed by atoms with E-state index in [9.17, 15) is 0 Å². The number of benzene rings is 1. The Bertz CT molecular complexity index is 476. The highest BCUT2D eigenvalue weighted by Crippen LogP contribution is 2.18. The summed E-state index contributed by atoms with van der Waals surface area (Å²) in [6, 6.07) is 8.85. The van der Waals surface area contributed by atoms with Crippen molar-refractivity contribution in [2.24, 2.45) is 5.73 Å². The Morgan fingerprint density at radius 1 is 1.29 bits per heavy atom. The van der Waals surface area contributed by atoms with Crippen LogP contribution >= 0.6 is 11.8 Å². The molecule has 0 aliphatic carbocycles. The number of hydrogen-bond donors (Lipinski definition) is 1. The summed E-state index contributed by atoms with van der Waals surface area (Å²) in [6.07, 6.45) is 3.15. The molecule has 0 spiro atoms. The van der Waals surface area contributed by atoms with Gasteiger partial charge in [0.15, 0.2) is 0 Å². The van der Waals surface area contributed by atoms with Crippen molar-refractivity contribution >= 4 is 22.7 Å². The summed E-state index contributed by atoms with van der Waals surface area (Å²) in [5.74, 6) is 2.37. The summed E-state index contributed by atoms with van der Waals surface area (Å²) < 4.78 is 2.35. The van der Waals surface area contributed by atoms with E-state index in [2.05, 4.69) is 42.0 Å². The monoisotopic (exact) mass is 248 g/mol. The van der Waals surface area contributed by atoms with Crippen LogP contribution in [0.3, 0.4) is 0 Å². The normalized spacial score (nSPS) is 11.2. The molecule has 1 aromatic carbocycles. The second-order valence-electron chi connectivity index (χ2n) is 4.14. The van der Waals surface area contributed by atoms with E-state index in [0.29, 0.717) is 0 Å². The first kappa shape index (κ1) is 12.5. The molecule has 0 aliphatic rings. The first-order valence-electron chi connectivity index (χ1n) is 6.20. The van der Waals surface area contributed by atoms with E-state index >= 15 is 0 Å². The minimum Gasteiger partial charge on any atom is -0.347 e. The smallest absolute Gasteiger partial charge is 0.0483 e. The first-order valence-corrected chi connectivity index (χ1v) is 7.36. The van der Waals surface area contributed by atoms with Crippen molar-refractivity contribution in [1.29, 1.82) is 0 Å². The number of nitrogens with zero attached hydrogens (tertiary/aromatic N) is 1. The molecule has 0 radical (unpaired) electrons. The Hall–Kier alpha value is -0.930. The molecule has 0 unspecified atom stereocenters. The fraction of sp³-hybridized carbons (Fsp3) is 0.429. The second-order valence-corrected chi connectivity index (χ2v) is 5.53. The van der Waals surface area contributed by atoms with Crippen LogP contribution in [-0.2, 0) is 13.0 Å². The van der Waals surface area contributed by atoms with Gasteiger partial charge in [0, 0.05) is 24.0 Å². The average Bonchev–Trinajstić information content (AvgIpc) is 2.73. The molecule has 0 saturated carbocycles. The summed E-state index contributed by atoms with van der Waals surface area (Å²) in [7, 11) is 0.